The van der Waals surface area contributed by atoms with Gasteiger partial charge < -0.3 is 20.1 Å². The number of amides is 1. The van der Waals surface area contributed by atoms with Gasteiger partial charge in [0, 0.05) is 19.4 Å². The number of rotatable bonds is 51. The predicted molar refractivity (Wildman–Crippen MR) is 280 cm³/mol. The van der Waals surface area contributed by atoms with Crippen molar-refractivity contribution in [2.24, 2.45) is 0 Å². The van der Waals surface area contributed by atoms with Crippen LogP contribution in [0, 0.1) is 0 Å². The molecule has 0 heterocycles. The van der Waals surface area contributed by atoms with Crippen molar-refractivity contribution < 1.29 is 37.9 Å². The zero-order chi connectivity index (χ0) is 48.1. The Bertz CT molecular complexity index is 1260. The molecule has 0 bridgehead atoms. The van der Waals surface area contributed by atoms with E-state index in [-0.39, 0.29) is 32.1 Å². The second-order valence-corrected chi connectivity index (χ2v) is 19.6. The molecule has 66 heavy (non-hydrogen) atoms. The fraction of sp³-hybridized carbons (Fsp3) is 0.786. The summed E-state index contributed by atoms with van der Waals surface area (Å²) in [4.78, 5) is 34.1. The quantitative estimate of drug-likeness (QED) is 0.0238. The average Bonchev–Trinajstić information content (AvgIpc) is 3.31. The molecule has 0 fully saturated rings. The second-order valence-electron chi connectivity index (χ2n) is 18.2. The number of phosphoric ester groups is 1. The molecule has 3 N–H and O–H groups in total. The summed E-state index contributed by atoms with van der Waals surface area (Å²) in [7, 11) is -4.43. The summed E-state index contributed by atoms with van der Waals surface area (Å²) in [6.07, 6.45) is 64.6. The third-order valence-electron chi connectivity index (χ3n) is 11.7. The van der Waals surface area contributed by atoms with E-state index in [0.717, 1.165) is 89.9 Å². The molecular formula is C56H102NO8P. The van der Waals surface area contributed by atoms with Crippen LogP contribution < -0.4 is 5.32 Å². The van der Waals surface area contributed by atoms with Crippen molar-refractivity contribution in [2.45, 2.75) is 258 Å². The third kappa shape index (κ3) is 52.7. The summed E-state index contributed by atoms with van der Waals surface area (Å²) in [5.41, 5.74) is 0. The van der Waals surface area contributed by atoms with Crippen LogP contribution in [0.5, 0.6) is 0 Å². The molecule has 0 radical (unpaired) electrons. The number of carbonyl (C=O) groups excluding carboxylic acids is 2. The fourth-order valence-corrected chi connectivity index (χ4v) is 8.40. The molecule has 0 spiro atoms. The zero-order valence-corrected chi connectivity index (χ0v) is 43.5. The maximum absolute atomic E-state index is 12.2. The van der Waals surface area contributed by atoms with Gasteiger partial charge in [0.25, 0.3) is 0 Å². The van der Waals surface area contributed by atoms with Gasteiger partial charge in [0.15, 0.2) is 0 Å². The van der Waals surface area contributed by atoms with Crippen molar-refractivity contribution in [1.82, 2.24) is 5.32 Å². The molecule has 10 heteroatoms. The van der Waals surface area contributed by atoms with E-state index in [1.165, 1.54) is 135 Å². The Morgan fingerprint density at radius 3 is 1.30 bits per heavy atom. The van der Waals surface area contributed by atoms with E-state index in [1.807, 2.05) is 0 Å². The largest absolute Gasteiger partial charge is 0.472 e. The molecule has 1 amide bonds. The lowest BCUT2D eigenvalue weighted by molar-refractivity contribution is -0.147. The Balaban J connectivity index is 3.56. The topological polar surface area (TPSA) is 131 Å². The van der Waals surface area contributed by atoms with Crippen molar-refractivity contribution in [3.05, 3.63) is 60.8 Å². The van der Waals surface area contributed by atoms with Gasteiger partial charge in [-0.05, 0) is 57.8 Å². The zero-order valence-electron chi connectivity index (χ0n) is 42.6. The number of allylic oxidation sites excluding steroid dienone is 10. The number of ether oxygens (including phenoxy) is 1. The van der Waals surface area contributed by atoms with Crippen LogP contribution >= 0.6 is 7.82 Å². The molecule has 0 aliphatic heterocycles. The van der Waals surface area contributed by atoms with E-state index < -0.39 is 26.5 Å². The smallest absolute Gasteiger partial charge is 0.463 e. The molecule has 0 saturated carbocycles. The molecule has 0 rings (SSSR count). The number of nitrogens with one attached hydrogen (secondary N) is 1. The summed E-state index contributed by atoms with van der Waals surface area (Å²) >= 11 is 0. The lowest BCUT2D eigenvalue weighted by Gasteiger charge is -2.15. The molecule has 2 atom stereocenters. The standard InChI is InChI=1S/C56H102NO8P/c1-3-5-7-9-11-13-15-17-19-21-23-25-26-27-29-31-33-35-37-39-41-43-45-47-49-56(60)63-52-54(58)53-65-66(61,62)64-51-50-57-55(59)48-46-44-42-40-38-36-34-32-30-28-24-22-20-18-16-14-12-10-8-6-4-2/h6,8,12,14,18,20,24,28,32,34,54,58H,3-5,7,9-11,13,15-17,19,21-23,25-27,29-31,33,35-53H2,1-2H3,(H,57,59)(H,61,62)/b8-6-,14-12-,20-18-,28-24-,34-32-. The Labute approximate surface area is 406 Å². The SMILES string of the molecule is CC/C=C\C/C=C\C/C=C\C/C=C\C/C=C\CCCCCCCC(=O)NCCOP(=O)(O)OCC(O)COC(=O)CCCCCCCCCCCCCCCCCCCCCCCCCC. The van der Waals surface area contributed by atoms with Crippen LogP contribution in [0.3, 0.4) is 0 Å². The molecule has 0 aliphatic rings. The van der Waals surface area contributed by atoms with Gasteiger partial charge in [-0.25, -0.2) is 4.57 Å². The van der Waals surface area contributed by atoms with Crippen molar-refractivity contribution in [1.29, 1.82) is 0 Å². The lowest BCUT2D eigenvalue weighted by atomic mass is 10.0. The minimum Gasteiger partial charge on any atom is -0.463 e. The van der Waals surface area contributed by atoms with Gasteiger partial charge in [0.2, 0.25) is 5.91 Å². The minimum absolute atomic E-state index is 0.0692. The normalized spacial score (nSPS) is 13.6. The molecule has 0 aliphatic carbocycles. The minimum atomic E-state index is -4.43. The van der Waals surface area contributed by atoms with Crippen LogP contribution in [0.15, 0.2) is 60.8 Å². The highest BCUT2D eigenvalue weighted by Crippen LogP contribution is 2.42. The first kappa shape index (κ1) is 63.7. The van der Waals surface area contributed by atoms with Crippen LogP contribution in [0.1, 0.15) is 251 Å². The van der Waals surface area contributed by atoms with E-state index in [2.05, 4.69) is 79.9 Å². The summed E-state index contributed by atoms with van der Waals surface area (Å²) in [6.45, 7) is 3.45. The van der Waals surface area contributed by atoms with Crippen LogP contribution in [-0.2, 0) is 27.9 Å². The Hall–Kier alpha value is -2.29. The van der Waals surface area contributed by atoms with E-state index >= 15 is 0 Å². The van der Waals surface area contributed by atoms with Gasteiger partial charge in [-0.15, -0.1) is 0 Å². The second kappa shape index (κ2) is 52.1. The first-order valence-electron chi connectivity index (χ1n) is 27.3. The number of unbranched alkanes of at least 4 members (excludes halogenated alkanes) is 28. The first-order valence-corrected chi connectivity index (χ1v) is 28.8. The molecule has 0 aromatic rings. The monoisotopic (exact) mass is 948 g/mol. The summed E-state index contributed by atoms with van der Waals surface area (Å²) in [6, 6.07) is 0. The van der Waals surface area contributed by atoms with Crippen molar-refractivity contribution >= 4 is 19.7 Å². The maximum Gasteiger partial charge on any atom is 0.472 e. The van der Waals surface area contributed by atoms with E-state index in [1.54, 1.807) is 0 Å². The van der Waals surface area contributed by atoms with Gasteiger partial charge in [-0.1, -0.05) is 242 Å². The molecule has 2 unspecified atom stereocenters. The van der Waals surface area contributed by atoms with Crippen molar-refractivity contribution in [3.63, 3.8) is 0 Å². The highest BCUT2D eigenvalue weighted by molar-refractivity contribution is 7.47. The predicted octanol–water partition coefficient (Wildman–Crippen LogP) is 16.4. The summed E-state index contributed by atoms with van der Waals surface area (Å²) in [5.74, 6) is -0.529. The third-order valence-corrected chi connectivity index (χ3v) is 12.7. The number of esters is 1. The number of phosphoric acid groups is 1. The molecule has 9 nitrogen and oxygen atoms in total. The Morgan fingerprint density at radius 2 is 0.864 bits per heavy atom. The van der Waals surface area contributed by atoms with Crippen LogP contribution in [0.2, 0.25) is 0 Å². The average molecular weight is 948 g/mol. The number of aliphatic hydroxyl groups excluding tert-OH is 1. The van der Waals surface area contributed by atoms with E-state index in [9.17, 15) is 24.2 Å². The molecule has 0 saturated heterocycles. The fourth-order valence-electron chi connectivity index (χ4n) is 7.65. The van der Waals surface area contributed by atoms with Gasteiger partial charge in [-0.2, -0.15) is 0 Å². The highest BCUT2D eigenvalue weighted by Gasteiger charge is 2.23. The number of aliphatic hydroxyl groups is 1. The number of carbonyl (C=O) groups is 2. The van der Waals surface area contributed by atoms with E-state index in [0.29, 0.717) is 6.42 Å². The summed E-state index contributed by atoms with van der Waals surface area (Å²) in [5, 5.41) is 12.8. The Kier molecular flexibility index (Phi) is 50.3. The van der Waals surface area contributed by atoms with Crippen molar-refractivity contribution in [2.75, 3.05) is 26.4 Å². The molecule has 0 aromatic carbocycles. The van der Waals surface area contributed by atoms with Crippen LogP contribution in [0.25, 0.3) is 0 Å². The lowest BCUT2D eigenvalue weighted by Crippen LogP contribution is -2.27. The van der Waals surface area contributed by atoms with Gasteiger partial charge >= 0.3 is 13.8 Å². The van der Waals surface area contributed by atoms with Crippen molar-refractivity contribution in [3.8, 4) is 0 Å². The number of hydrogen-bond acceptors (Lipinski definition) is 7. The highest BCUT2D eigenvalue weighted by atomic mass is 31.2. The van der Waals surface area contributed by atoms with Gasteiger partial charge in [0.1, 0.15) is 12.7 Å². The summed E-state index contributed by atoms with van der Waals surface area (Å²) < 4.78 is 27.0. The number of hydrogen-bond donors (Lipinski definition) is 3. The molecule has 384 valence electrons. The molecular weight excluding hydrogens is 846 g/mol. The maximum atomic E-state index is 12.2. The van der Waals surface area contributed by atoms with Crippen LogP contribution in [0.4, 0.5) is 0 Å². The first-order chi connectivity index (χ1) is 32.3. The van der Waals surface area contributed by atoms with Gasteiger partial charge in [-0.3, -0.25) is 18.6 Å². The van der Waals surface area contributed by atoms with Crippen LogP contribution in [-0.4, -0.2) is 54.3 Å². The molecule has 0 aromatic heterocycles. The van der Waals surface area contributed by atoms with Gasteiger partial charge in [0.05, 0.1) is 13.2 Å². The Morgan fingerprint density at radius 1 is 0.485 bits per heavy atom. The van der Waals surface area contributed by atoms with E-state index in [4.69, 9.17) is 13.8 Å².